The van der Waals surface area contributed by atoms with Gasteiger partial charge in [-0.2, -0.15) is 13.2 Å². The third-order valence-electron chi connectivity index (χ3n) is 5.16. The summed E-state index contributed by atoms with van der Waals surface area (Å²) in [6.45, 7) is 5.82. The largest absolute Gasteiger partial charge is 0.434 e. The number of halogens is 3. The molecule has 0 bridgehead atoms. The summed E-state index contributed by atoms with van der Waals surface area (Å²) in [6.07, 6.45) is 0.298. The molecule has 1 aliphatic rings. The van der Waals surface area contributed by atoms with Crippen LogP contribution in [0.5, 0.6) is 0 Å². The van der Waals surface area contributed by atoms with Crippen molar-refractivity contribution in [2.24, 2.45) is 10.9 Å². The first-order valence-electron chi connectivity index (χ1n) is 9.37. The average Bonchev–Trinajstić information content (AvgIpc) is 3.06. The summed E-state index contributed by atoms with van der Waals surface area (Å²) in [5, 5.41) is 7.96. The monoisotopic (exact) mass is 405 g/mol. The maximum Gasteiger partial charge on any atom is 0.434 e. The van der Waals surface area contributed by atoms with Gasteiger partial charge >= 0.3 is 6.18 Å². The van der Waals surface area contributed by atoms with Crippen molar-refractivity contribution in [3.8, 4) is 0 Å². The minimum atomic E-state index is -4.41. The standard InChI is InChI=1S/C18H30F3N5S/c1-5-22-16(23-10-15-25-14(11-27-15)18(19,20)21)24-12-17(26(3)4)8-6-7-13(2)9-17/h11,13H,5-10,12H2,1-4H3,(H2,22,23,24). The maximum atomic E-state index is 12.7. The van der Waals surface area contributed by atoms with Crippen molar-refractivity contribution in [1.82, 2.24) is 20.5 Å². The van der Waals surface area contributed by atoms with E-state index in [0.717, 1.165) is 36.1 Å². The summed E-state index contributed by atoms with van der Waals surface area (Å²) >= 11 is 0.985. The predicted molar refractivity (Wildman–Crippen MR) is 104 cm³/mol. The van der Waals surface area contributed by atoms with Gasteiger partial charge in [-0.3, -0.25) is 0 Å². The molecule has 0 saturated heterocycles. The number of alkyl halides is 3. The number of likely N-dealkylation sites (N-methyl/N-ethyl adjacent to an activating group) is 1. The van der Waals surface area contributed by atoms with Gasteiger partial charge in [0.15, 0.2) is 11.7 Å². The fourth-order valence-corrected chi connectivity index (χ4v) is 4.33. The summed E-state index contributed by atoms with van der Waals surface area (Å²) in [6, 6.07) is 0. The van der Waals surface area contributed by atoms with E-state index in [2.05, 4.69) is 46.5 Å². The van der Waals surface area contributed by atoms with Gasteiger partial charge < -0.3 is 15.5 Å². The second-order valence-electron chi connectivity index (χ2n) is 7.49. The van der Waals surface area contributed by atoms with E-state index in [0.29, 0.717) is 23.4 Å². The third-order valence-corrected chi connectivity index (χ3v) is 5.99. The van der Waals surface area contributed by atoms with Gasteiger partial charge in [-0.25, -0.2) is 9.98 Å². The number of rotatable bonds is 6. The van der Waals surface area contributed by atoms with Crippen molar-refractivity contribution in [3.63, 3.8) is 0 Å². The molecule has 2 N–H and O–H groups in total. The second-order valence-corrected chi connectivity index (χ2v) is 8.44. The van der Waals surface area contributed by atoms with Crippen LogP contribution in [-0.4, -0.2) is 48.6 Å². The van der Waals surface area contributed by atoms with Crippen LogP contribution in [0.15, 0.2) is 10.4 Å². The zero-order valence-electron chi connectivity index (χ0n) is 16.5. The zero-order valence-corrected chi connectivity index (χ0v) is 17.3. The molecule has 2 atom stereocenters. The Kier molecular flexibility index (Phi) is 7.50. The normalized spacial score (nSPS) is 24.3. The highest BCUT2D eigenvalue weighted by atomic mass is 32.1. The number of hydrogen-bond acceptors (Lipinski definition) is 4. The first kappa shape index (κ1) is 21.9. The molecule has 1 saturated carbocycles. The molecule has 2 unspecified atom stereocenters. The second kappa shape index (κ2) is 9.23. The molecule has 1 aliphatic carbocycles. The Labute approximate surface area is 163 Å². The lowest BCUT2D eigenvalue weighted by Crippen LogP contribution is -2.56. The Hall–Kier alpha value is -1.35. The molecule has 0 aliphatic heterocycles. The van der Waals surface area contributed by atoms with E-state index in [9.17, 15) is 13.2 Å². The van der Waals surface area contributed by atoms with Gasteiger partial charge in [0.05, 0.1) is 6.54 Å². The van der Waals surface area contributed by atoms with Crippen LogP contribution in [0.2, 0.25) is 0 Å². The minimum absolute atomic E-state index is 0.0680. The quantitative estimate of drug-likeness (QED) is 0.559. The highest BCUT2D eigenvalue weighted by molar-refractivity contribution is 7.09. The summed E-state index contributed by atoms with van der Waals surface area (Å²) < 4.78 is 38.0. The van der Waals surface area contributed by atoms with E-state index in [1.807, 2.05) is 6.92 Å². The van der Waals surface area contributed by atoms with E-state index in [1.165, 1.54) is 12.8 Å². The van der Waals surface area contributed by atoms with Gasteiger partial charge in [0.1, 0.15) is 5.01 Å². The van der Waals surface area contributed by atoms with Crippen molar-refractivity contribution in [1.29, 1.82) is 0 Å². The van der Waals surface area contributed by atoms with Crippen molar-refractivity contribution >= 4 is 17.3 Å². The summed E-state index contributed by atoms with van der Waals surface area (Å²) in [5.74, 6) is 1.29. The van der Waals surface area contributed by atoms with Crippen LogP contribution in [0.1, 0.15) is 50.2 Å². The number of nitrogens with zero attached hydrogens (tertiary/aromatic N) is 3. The first-order chi connectivity index (χ1) is 12.7. The fourth-order valence-electron chi connectivity index (χ4n) is 3.61. The Bertz CT molecular complexity index is 629. The van der Waals surface area contributed by atoms with Crippen molar-refractivity contribution in [3.05, 3.63) is 16.1 Å². The van der Waals surface area contributed by atoms with Gasteiger partial charge in [-0.1, -0.05) is 19.8 Å². The van der Waals surface area contributed by atoms with Crippen LogP contribution in [0.3, 0.4) is 0 Å². The topological polar surface area (TPSA) is 52.6 Å². The highest BCUT2D eigenvalue weighted by Crippen LogP contribution is 2.35. The predicted octanol–water partition coefficient (Wildman–Crippen LogP) is 3.73. The van der Waals surface area contributed by atoms with Crippen LogP contribution in [0.25, 0.3) is 0 Å². The molecular weight excluding hydrogens is 375 g/mol. The van der Waals surface area contributed by atoms with Crippen LogP contribution in [0.4, 0.5) is 13.2 Å². The summed E-state index contributed by atoms with van der Waals surface area (Å²) in [4.78, 5) is 10.4. The number of aromatic nitrogens is 1. The maximum absolute atomic E-state index is 12.7. The molecule has 0 amide bonds. The van der Waals surface area contributed by atoms with E-state index >= 15 is 0 Å². The molecule has 1 heterocycles. The Morgan fingerprint density at radius 3 is 2.70 bits per heavy atom. The number of guanidine groups is 1. The molecule has 1 aromatic rings. The number of nitrogens with one attached hydrogen (secondary N) is 2. The van der Waals surface area contributed by atoms with Crippen LogP contribution >= 0.6 is 11.3 Å². The molecule has 154 valence electrons. The lowest BCUT2D eigenvalue weighted by molar-refractivity contribution is -0.140. The first-order valence-corrected chi connectivity index (χ1v) is 10.3. The van der Waals surface area contributed by atoms with Gasteiger partial charge in [-0.05, 0) is 39.8 Å². The minimum Gasteiger partial charge on any atom is -0.357 e. The molecule has 27 heavy (non-hydrogen) atoms. The molecule has 9 heteroatoms. The lowest BCUT2D eigenvalue weighted by atomic mass is 9.75. The van der Waals surface area contributed by atoms with Crippen molar-refractivity contribution < 1.29 is 13.2 Å². The Morgan fingerprint density at radius 2 is 2.15 bits per heavy atom. The molecular formula is C18H30F3N5S. The SMILES string of the molecule is CCNC(=NCc1nc(C(F)(F)F)cs1)NCC1(N(C)C)CCCC(C)C1. The molecule has 1 fully saturated rings. The number of hydrogen-bond donors (Lipinski definition) is 2. The van der Waals surface area contributed by atoms with Crippen molar-refractivity contribution in [2.45, 2.75) is 57.8 Å². The van der Waals surface area contributed by atoms with Gasteiger partial charge in [0.2, 0.25) is 0 Å². The van der Waals surface area contributed by atoms with Crippen LogP contribution < -0.4 is 10.6 Å². The van der Waals surface area contributed by atoms with E-state index < -0.39 is 11.9 Å². The smallest absolute Gasteiger partial charge is 0.357 e. The van der Waals surface area contributed by atoms with E-state index in [4.69, 9.17) is 0 Å². The Morgan fingerprint density at radius 1 is 1.41 bits per heavy atom. The van der Waals surface area contributed by atoms with E-state index in [-0.39, 0.29) is 12.1 Å². The van der Waals surface area contributed by atoms with Gasteiger partial charge in [0, 0.05) is 24.0 Å². The number of aliphatic imine (C=N–C) groups is 1. The molecule has 2 rings (SSSR count). The third kappa shape index (κ3) is 6.07. The van der Waals surface area contributed by atoms with Gasteiger partial charge in [-0.15, -0.1) is 11.3 Å². The molecule has 5 nitrogen and oxygen atoms in total. The highest BCUT2D eigenvalue weighted by Gasteiger charge is 2.37. The average molecular weight is 406 g/mol. The zero-order chi connectivity index (χ0) is 20.1. The summed E-state index contributed by atoms with van der Waals surface area (Å²) in [5.41, 5.74) is -0.781. The Balaban J connectivity index is 2.03. The van der Waals surface area contributed by atoms with Crippen LogP contribution in [0, 0.1) is 5.92 Å². The molecule has 0 aromatic carbocycles. The fraction of sp³-hybridized carbons (Fsp3) is 0.778. The lowest BCUT2D eigenvalue weighted by Gasteiger charge is -2.45. The molecule has 0 radical (unpaired) electrons. The molecule has 0 spiro atoms. The van der Waals surface area contributed by atoms with Crippen LogP contribution in [-0.2, 0) is 12.7 Å². The van der Waals surface area contributed by atoms with E-state index in [1.54, 1.807) is 0 Å². The molecule has 1 aromatic heterocycles. The number of thiazole rings is 1. The van der Waals surface area contributed by atoms with Gasteiger partial charge in [0.25, 0.3) is 0 Å². The van der Waals surface area contributed by atoms with Crippen molar-refractivity contribution in [2.75, 3.05) is 27.2 Å². The summed E-state index contributed by atoms with van der Waals surface area (Å²) in [7, 11) is 4.22.